The first-order valence-corrected chi connectivity index (χ1v) is 11.4. The molecule has 1 atom stereocenters. The maximum atomic E-state index is 13.1. The van der Waals surface area contributed by atoms with Gasteiger partial charge in [0, 0.05) is 37.4 Å². The van der Waals surface area contributed by atoms with Crippen LogP contribution >= 0.6 is 0 Å². The van der Waals surface area contributed by atoms with Crippen molar-refractivity contribution in [3.63, 3.8) is 0 Å². The van der Waals surface area contributed by atoms with E-state index in [1.807, 2.05) is 25.7 Å². The number of carbonyl (C=O) groups excluding carboxylic acids is 3. The average Bonchev–Trinajstić information content (AvgIpc) is 3.11. The fraction of sp³-hybridized carbons (Fsp3) is 0.440. The second-order valence-corrected chi connectivity index (χ2v) is 9.26. The number of hydrogen-bond acceptors (Lipinski definition) is 5. The first kappa shape index (κ1) is 22.8. The first-order valence-electron chi connectivity index (χ1n) is 11.4. The summed E-state index contributed by atoms with van der Waals surface area (Å²) in [5.41, 5.74) is 3.47. The fourth-order valence-electron chi connectivity index (χ4n) is 4.74. The smallest absolute Gasteiger partial charge is 0.322 e. The Labute approximate surface area is 194 Å². The van der Waals surface area contributed by atoms with E-state index in [9.17, 15) is 14.4 Å². The van der Waals surface area contributed by atoms with Crippen molar-refractivity contribution < 1.29 is 14.4 Å². The second-order valence-electron chi connectivity index (χ2n) is 9.26. The van der Waals surface area contributed by atoms with Gasteiger partial charge >= 0.3 is 6.03 Å². The largest absolute Gasteiger partial charge is 0.353 e. The van der Waals surface area contributed by atoms with E-state index in [1.54, 1.807) is 24.3 Å². The summed E-state index contributed by atoms with van der Waals surface area (Å²) in [6, 6.07) is 8.66. The Kier molecular flexibility index (Phi) is 5.86. The molecule has 0 aliphatic carbocycles. The number of benzene rings is 1. The number of rotatable bonds is 4. The van der Waals surface area contributed by atoms with Crippen molar-refractivity contribution in [2.75, 3.05) is 31.1 Å². The molecular weight excluding hydrogens is 418 g/mol. The lowest BCUT2D eigenvalue weighted by Crippen LogP contribution is -2.49. The minimum Gasteiger partial charge on any atom is -0.353 e. The Morgan fingerprint density at radius 2 is 1.64 bits per heavy atom. The number of imide groups is 1. The van der Waals surface area contributed by atoms with Gasteiger partial charge < -0.3 is 15.1 Å². The highest BCUT2D eigenvalue weighted by molar-refractivity contribution is 6.07. The van der Waals surface area contributed by atoms with Crippen LogP contribution in [-0.4, -0.2) is 53.9 Å². The molecule has 2 fully saturated rings. The third-order valence-electron chi connectivity index (χ3n) is 6.85. The lowest BCUT2D eigenvalue weighted by molar-refractivity contribution is -0.125. The lowest BCUT2D eigenvalue weighted by atomic mass is 9.79. The maximum Gasteiger partial charge on any atom is 0.322 e. The predicted molar refractivity (Wildman–Crippen MR) is 126 cm³/mol. The molecule has 4 amide bonds. The van der Waals surface area contributed by atoms with Gasteiger partial charge in [-0.1, -0.05) is 32.0 Å². The highest BCUT2D eigenvalue weighted by atomic mass is 16.2. The van der Waals surface area contributed by atoms with Crippen LogP contribution in [0.25, 0.3) is 0 Å². The zero-order valence-electron chi connectivity index (χ0n) is 19.9. The summed E-state index contributed by atoms with van der Waals surface area (Å²) in [6.07, 6.45) is 0. The van der Waals surface area contributed by atoms with Gasteiger partial charge in [0.05, 0.1) is 0 Å². The summed E-state index contributed by atoms with van der Waals surface area (Å²) in [4.78, 5) is 46.3. The standard InChI is InChI=1S/C25H31N5O3/c1-15(2)25(23(32)27-24(33)28-25)20-8-6-19(7-9-20)22(31)30-12-10-29(11-13-30)21-17(4)14-16(3)18(5)26-21/h6-9,14-15H,10-13H2,1-5H3,(H2,27,28,32,33). The van der Waals surface area contributed by atoms with Crippen molar-refractivity contribution in [3.8, 4) is 0 Å². The first-order chi connectivity index (χ1) is 15.6. The van der Waals surface area contributed by atoms with Gasteiger partial charge in [-0.15, -0.1) is 0 Å². The Morgan fingerprint density at radius 1 is 1.00 bits per heavy atom. The molecule has 8 nitrogen and oxygen atoms in total. The van der Waals surface area contributed by atoms with Crippen molar-refractivity contribution in [2.45, 2.75) is 40.2 Å². The number of piperazine rings is 1. The summed E-state index contributed by atoms with van der Waals surface area (Å²) in [6.45, 7) is 12.6. The van der Waals surface area contributed by atoms with Gasteiger partial charge in [0.1, 0.15) is 11.4 Å². The molecule has 2 N–H and O–H groups in total. The third kappa shape index (κ3) is 3.94. The third-order valence-corrected chi connectivity index (χ3v) is 6.85. The number of nitrogens with one attached hydrogen (secondary N) is 2. The van der Waals surface area contributed by atoms with Crippen LogP contribution in [-0.2, 0) is 10.3 Å². The monoisotopic (exact) mass is 449 g/mol. The van der Waals surface area contributed by atoms with E-state index in [2.05, 4.69) is 35.4 Å². The van der Waals surface area contributed by atoms with Crippen molar-refractivity contribution in [1.29, 1.82) is 0 Å². The van der Waals surface area contributed by atoms with Crippen LogP contribution < -0.4 is 15.5 Å². The van der Waals surface area contributed by atoms with Gasteiger partial charge in [-0.3, -0.25) is 14.9 Å². The van der Waals surface area contributed by atoms with Crippen molar-refractivity contribution in [3.05, 3.63) is 58.3 Å². The van der Waals surface area contributed by atoms with Crippen LogP contribution in [0.4, 0.5) is 10.6 Å². The molecule has 0 radical (unpaired) electrons. The molecule has 2 saturated heterocycles. The number of urea groups is 1. The molecule has 3 heterocycles. The van der Waals surface area contributed by atoms with Crippen molar-refractivity contribution >= 4 is 23.7 Å². The minimum absolute atomic E-state index is 0.0375. The molecule has 174 valence electrons. The molecule has 4 rings (SSSR count). The molecule has 33 heavy (non-hydrogen) atoms. The molecular formula is C25H31N5O3. The average molecular weight is 450 g/mol. The van der Waals surface area contributed by atoms with E-state index >= 15 is 0 Å². The Bertz CT molecular complexity index is 1100. The van der Waals surface area contributed by atoms with E-state index in [4.69, 9.17) is 4.98 Å². The normalized spacial score (nSPS) is 20.8. The summed E-state index contributed by atoms with van der Waals surface area (Å²) < 4.78 is 0. The molecule has 0 spiro atoms. The van der Waals surface area contributed by atoms with Gasteiger partial charge in [-0.05, 0) is 55.5 Å². The Balaban J connectivity index is 1.46. The summed E-state index contributed by atoms with van der Waals surface area (Å²) in [7, 11) is 0. The quantitative estimate of drug-likeness (QED) is 0.700. The van der Waals surface area contributed by atoms with Gasteiger partial charge in [0.25, 0.3) is 11.8 Å². The number of aromatic nitrogens is 1. The highest BCUT2D eigenvalue weighted by Gasteiger charge is 2.50. The molecule has 0 bridgehead atoms. The minimum atomic E-state index is -1.12. The number of aryl methyl sites for hydroxylation is 3. The van der Waals surface area contributed by atoms with Gasteiger partial charge in [-0.2, -0.15) is 0 Å². The van der Waals surface area contributed by atoms with E-state index in [-0.39, 0.29) is 17.7 Å². The number of anilines is 1. The molecule has 2 aliphatic heterocycles. The Morgan fingerprint density at radius 3 is 2.18 bits per heavy atom. The summed E-state index contributed by atoms with van der Waals surface area (Å²) in [5.74, 6) is 0.434. The SMILES string of the molecule is Cc1cc(C)c(N2CCN(C(=O)c3ccc(C4(C(C)C)NC(=O)NC4=O)cc3)CC2)nc1C. The van der Waals surface area contributed by atoms with Crippen LogP contribution in [0.3, 0.4) is 0 Å². The topological polar surface area (TPSA) is 94.6 Å². The van der Waals surface area contributed by atoms with Crippen LogP contribution in [0.5, 0.6) is 0 Å². The van der Waals surface area contributed by atoms with Gasteiger partial charge in [0.15, 0.2) is 0 Å². The van der Waals surface area contributed by atoms with Gasteiger partial charge in [-0.25, -0.2) is 9.78 Å². The molecule has 8 heteroatoms. The Hall–Kier alpha value is -3.42. The van der Waals surface area contributed by atoms with E-state index in [0.29, 0.717) is 24.2 Å². The number of carbonyl (C=O) groups is 3. The predicted octanol–water partition coefficient (Wildman–Crippen LogP) is 2.66. The maximum absolute atomic E-state index is 13.1. The van der Waals surface area contributed by atoms with Gasteiger partial charge in [0.2, 0.25) is 0 Å². The number of hydrogen-bond donors (Lipinski definition) is 2. The molecule has 1 aromatic carbocycles. The van der Waals surface area contributed by atoms with Crippen LogP contribution in [0, 0.1) is 26.7 Å². The lowest BCUT2D eigenvalue weighted by Gasteiger charge is -2.36. The van der Waals surface area contributed by atoms with E-state index < -0.39 is 11.6 Å². The molecule has 2 aromatic rings. The highest BCUT2D eigenvalue weighted by Crippen LogP contribution is 2.33. The van der Waals surface area contributed by atoms with Crippen LogP contribution in [0.1, 0.15) is 46.6 Å². The zero-order valence-corrected chi connectivity index (χ0v) is 19.9. The number of amides is 4. The molecule has 1 aromatic heterocycles. The number of nitrogens with zero attached hydrogens (tertiary/aromatic N) is 3. The molecule has 1 unspecified atom stereocenters. The van der Waals surface area contributed by atoms with Crippen LogP contribution in [0.2, 0.25) is 0 Å². The van der Waals surface area contributed by atoms with Crippen molar-refractivity contribution in [2.24, 2.45) is 5.92 Å². The van der Waals surface area contributed by atoms with E-state index in [0.717, 1.165) is 30.2 Å². The van der Waals surface area contributed by atoms with Crippen LogP contribution in [0.15, 0.2) is 30.3 Å². The zero-order chi connectivity index (χ0) is 23.9. The fourth-order valence-corrected chi connectivity index (χ4v) is 4.74. The molecule has 2 aliphatic rings. The summed E-state index contributed by atoms with van der Waals surface area (Å²) in [5, 5.41) is 5.10. The van der Waals surface area contributed by atoms with Crippen molar-refractivity contribution in [1.82, 2.24) is 20.5 Å². The number of pyridine rings is 1. The molecule has 0 saturated carbocycles. The second kappa shape index (κ2) is 8.50. The summed E-state index contributed by atoms with van der Waals surface area (Å²) >= 11 is 0. The van der Waals surface area contributed by atoms with E-state index in [1.165, 1.54) is 5.56 Å².